The third-order valence-electron chi connectivity index (χ3n) is 4.70. The topological polar surface area (TPSA) is 45.4 Å². The minimum Gasteiger partial charge on any atom is -0.423 e. The largest absolute Gasteiger partial charge is 0.488 e. The molecule has 0 unspecified atom stereocenters. The summed E-state index contributed by atoms with van der Waals surface area (Å²) < 4.78 is 1.94. The Morgan fingerprint density at radius 2 is 1.42 bits per heavy atom. The number of para-hydroxylation sites is 1. The Morgan fingerprint density at radius 1 is 0.769 bits per heavy atom. The molecule has 0 fully saturated rings. The fourth-order valence-electron chi connectivity index (χ4n) is 3.39. The molecule has 0 bridgehead atoms. The molecule has 4 rings (SSSR count). The number of hydrogen-bond donors (Lipinski definition) is 2. The highest BCUT2D eigenvalue weighted by Crippen LogP contribution is 2.28. The number of fused-ring (bicyclic) bond motifs is 3. The van der Waals surface area contributed by atoms with Crippen LogP contribution in [0.4, 0.5) is 0 Å². The summed E-state index contributed by atoms with van der Waals surface area (Å²) >= 11 is 0. The molecule has 0 amide bonds. The Hall–Kier alpha value is -2.30. The highest BCUT2D eigenvalue weighted by molar-refractivity contribution is 6.67. The van der Waals surface area contributed by atoms with Crippen molar-refractivity contribution >= 4 is 87.6 Å². The van der Waals surface area contributed by atoms with Crippen molar-refractivity contribution < 1.29 is 10.0 Å². The Bertz CT molecular complexity index is 1160. The zero-order chi connectivity index (χ0) is 18.6. The van der Waals surface area contributed by atoms with Gasteiger partial charge in [-0.2, -0.15) is 0 Å². The molecule has 0 saturated heterocycles. The predicted molar refractivity (Wildman–Crippen MR) is 112 cm³/mol. The van der Waals surface area contributed by atoms with E-state index < -0.39 is 7.12 Å². The van der Waals surface area contributed by atoms with Crippen molar-refractivity contribution in [3.8, 4) is 5.69 Å². The van der Waals surface area contributed by atoms with Gasteiger partial charge in [0.15, 0.2) is 0 Å². The van der Waals surface area contributed by atoms with Crippen LogP contribution < -0.4 is 27.3 Å². The van der Waals surface area contributed by atoms with Crippen LogP contribution in [0.15, 0.2) is 48.5 Å². The summed E-state index contributed by atoms with van der Waals surface area (Å²) in [5.74, 6) is 0. The highest BCUT2D eigenvalue weighted by Gasteiger charge is 2.20. The van der Waals surface area contributed by atoms with Crippen molar-refractivity contribution in [2.75, 3.05) is 0 Å². The molecular formula is C18H10B5NO2. The fourth-order valence-corrected chi connectivity index (χ4v) is 3.39. The smallest absolute Gasteiger partial charge is 0.423 e. The molecule has 8 heteroatoms. The molecule has 0 spiro atoms. The lowest BCUT2D eigenvalue weighted by molar-refractivity contribution is 0.426. The van der Waals surface area contributed by atoms with E-state index in [2.05, 4.69) is 0 Å². The van der Waals surface area contributed by atoms with Crippen molar-refractivity contribution in [2.24, 2.45) is 0 Å². The summed E-state index contributed by atoms with van der Waals surface area (Å²) in [7, 11) is 23.1. The monoisotopic (exact) mass is 327 g/mol. The summed E-state index contributed by atoms with van der Waals surface area (Å²) in [6, 6.07) is 14.7. The first-order chi connectivity index (χ1) is 12.4. The van der Waals surface area contributed by atoms with Crippen molar-refractivity contribution in [2.45, 2.75) is 0 Å². The quantitative estimate of drug-likeness (QED) is 0.405. The maximum atomic E-state index is 9.55. The van der Waals surface area contributed by atoms with Crippen LogP contribution in [0.3, 0.4) is 0 Å². The summed E-state index contributed by atoms with van der Waals surface area (Å²) in [6.07, 6.45) is 0. The Kier molecular flexibility index (Phi) is 4.05. The average Bonchev–Trinajstić information content (AvgIpc) is 2.99. The van der Waals surface area contributed by atoms with Crippen LogP contribution in [-0.2, 0) is 0 Å². The number of benzene rings is 3. The van der Waals surface area contributed by atoms with Gasteiger partial charge in [0.1, 0.15) is 31.4 Å². The van der Waals surface area contributed by atoms with Gasteiger partial charge in [-0.05, 0) is 29.0 Å². The summed E-state index contributed by atoms with van der Waals surface area (Å²) in [6.45, 7) is 0. The summed E-state index contributed by atoms with van der Waals surface area (Å²) in [5.41, 5.74) is 3.76. The molecule has 0 atom stereocenters. The SMILES string of the molecule is [B]c1c([B])c([B])c2c(c1[B])c1cc(B(O)O)ccc1n2-c1ccccc1. The summed E-state index contributed by atoms with van der Waals surface area (Å²) in [5, 5.41) is 20.4. The van der Waals surface area contributed by atoms with Crippen molar-refractivity contribution in [1.82, 2.24) is 4.57 Å². The Morgan fingerprint density at radius 3 is 2.08 bits per heavy atom. The second-order valence-electron chi connectivity index (χ2n) is 6.20. The van der Waals surface area contributed by atoms with E-state index >= 15 is 0 Å². The van der Waals surface area contributed by atoms with Gasteiger partial charge < -0.3 is 14.6 Å². The molecule has 1 heterocycles. The molecule has 3 nitrogen and oxygen atoms in total. The van der Waals surface area contributed by atoms with Gasteiger partial charge in [0.2, 0.25) is 0 Å². The van der Waals surface area contributed by atoms with Crippen molar-refractivity contribution in [3.05, 3.63) is 48.5 Å². The van der Waals surface area contributed by atoms with Crippen LogP contribution in [0.5, 0.6) is 0 Å². The normalized spacial score (nSPS) is 11.3. The molecule has 114 valence electrons. The van der Waals surface area contributed by atoms with Crippen molar-refractivity contribution in [3.63, 3.8) is 0 Å². The molecule has 0 aliphatic rings. The molecule has 3 aromatic carbocycles. The van der Waals surface area contributed by atoms with Crippen molar-refractivity contribution in [1.29, 1.82) is 0 Å². The Labute approximate surface area is 156 Å². The first-order valence-corrected chi connectivity index (χ1v) is 8.03. The molecule has 2 N–H and O–H groups in total. The predicted octanol–water partition coefficient (Wildman–Crippen LogP) is -2.36. The lowest BCUT2D eigenvalue weighted by atomic mass is 9.65. The van der Waals surface area contributed by atoms with Gasteiger partial charge in [0.05, 0.1) is 5.52 Å². The third kappa shape index (κ3) is 2.37. The molecule has 26 heavy (non-hydrogen) atoms. The lowest BCUT2D eigenvalue weighted by Gasteiger charge is -2.16. The number of nitrogens with zero attached hydrogens (tertiary/aromatic N) is 1. The number of aromatic nitrogens is 1. The van der Waals surface area contributed by atoms with E-state index in [0.717, 1.165) is 11.2 Å². The van der Waals surface area contributed by atoms with E-state index in [9.17, 15) is 10.0 Å². The van der Waals surface area contributed by atoms with E-state index in [1.54, 1.807) is 18.2 Å². The van der Waals surface area contributed by atoms with Crippen LogP contribution in [0.1, 0.15) is 0 Å². The maximum absolute atomic E-state index is 9.55. The van der Waals surface area contributed by atoms with Gasteiger partial charge >= 0.3 is 7.12 Å². The molecular weight excluding hydrogens is 316 g/mol. The molecule has 1 aromatic heterocycles. The number of hydrogen-bond acceptors (Lipinski definition) is 2. The van der Waals surface area contributed by atoms with E-state index in [0.29, 0.717) is 32.7 Å². The lowest BCUT2D eigenvalue weighted by Crippen LogP contribution is -2.48. The first kappa shape index (κ1) is 17.1. The third-order valence-corrected chi connectivity index (χ3v) is 4.70. The zero-order valence-electron chi connectivity index (χ0n) is 13.8. The van der Waals surface area contributed by atoms with Crippen LogP contribution in [0.25, 0.3) is 27.5 Å². The number of rotatable bonds is 2. The fraction of sp³-hybridized carbons (Fsp3) is 0. The van der Waals surface area contributed by atoms with Gasteiger partial charge in [-0.1, -0.05) is 41.3 Å². The van der Waals surface area contributed by atoms with Crippen LogP contribution in [-0.4, -0.2) is 53.1 Å². The van der Waals surface area contributed by atoms with Gasteiger partial charge in [-0.25, -0.2) is 0 Å². The van der Waals surface area contributed by atoms with E-state index in [1.807, 2.05) is 34.9 Å². The maximum Gasteiger partial charge on any atom is 0.488 e. The van der Waals surface area contributed by atoms with Gasteiger partial charge in [-0.3, -0.25) is 0 Å². The van der Waals surface area contributed by atoms with Crippen LogP contribution in [0.2, 0.25) is 0 Å². The molecule has 8 radical (unpaired) electrons. The minimum atomic E-state index is -1.60. The molecule has 4 aromatic rings. The average molecular weight is 326 g/mol. The van der Waals surface area contributed by atoms with Crippen LogP contribution in [0, 0.1) is 0 Å². The molecule has 0 aliphatic carbocycles. The Balaban J connectivity index is 2.28. The van der Waals surface area contributed by atoms with Crippen LogP contribution >= 0.6 is 0 Å². The van der Waals surface area contributed by atoms with E-state index in [-0.39, 0.29) is 10.9 Å². The zero-order valence-corrected chi connectivity index (χ0v) is 13.8. The summed E-state index contributed by atoms with van der Waals surface area (Å²) in [4.78, 5) is 0. The van der Waals surface area contributed by atoms with Gasteiger partial charge in [-0.15, -0.1) is 10.9 Å². The first-order valence-electron chi connectivity index (χ1n) is 8.03. The minimum absolute atomic E-state index is 0.220. The van der Waals surface area contributed by atoms with E-state index in [1.165, 1.54) is 0 Å². The molecule has 0 aliphatic heterocycles. The highest BCUT2D eigenvalue weighted by atomic mass is 16.4. The second-order valence-corrected chi connectivity index (χ2v) is 6.20. The van der Waals surface area contributed by atoms with E-state index in [4.69, 9.17) is 31.4 Å². The van der Waals surface area contributed by atoms with Gasteiger partial charge in [0, 0.05) is 16.6 Å². The second kappa shape index (κ2) is 6.15. The van der Waals surface area contributed by atoms with Gasteiger partial charge in [0.25, 0.3) is 0 Å². The standard InChI is InChI=1S/C18H10B5NO2/c19-14-13-11-8-9(23(25)26)6-7-12(11)24(10-4-2-1-3-5-10)18(13)17(22)16(21)15(14)20/h1-8,25-26H. The molecule has 0 saturated carbocycles.